The Morgan fingerprint density at radius 3 is 2.63 bits per heavy atom. The number of rotatable bonds is 3. The van der Waals surface area contributed by atoms with Crippen LogP contribution in [0.15, 0.2) is 18.2 Å². The van der Waals surface area contributed by atoms with E-state index in [9.17, 15) is 4.79 Å². The zero-order valence-electron chi connectivity index (χ0n) is 11.6. The smallest absolute Gasteiger partial charge is 0.412 e. The SMILES string of the molecule is COc1cc([C@H]2CO2)ccc1NC(=O)OC(C)(C)C. The molecule has 1 heterocycles. The van der Waals surface area contributed by atoms with Crippen LogP contribution in [0.2, 0.25) is 0 Å². The summed E-state index contributed by atoms with van der Waals surface area (Å²) in [6, 6.07) is 5.57. The molecule has 0 aliphatic carbocycles. The van der Waals surface area contributed by atoms with Crippen molar-refractivity contribution in [2.75, 3.05) is 19.0 Å². The molecule has 0 radical (unpaired) electrons. The van der Waals surface area contributed by atoms with Crippen LogP contribution in [0.3, 0.4) is 0 Å². The normalized spacial score (nSPS) is 17.8. The van der Waals surface area contributed by atoms with E-state index in [2.05, 4.69) is 5.32 Å². The number of hydrogen-bond donors (Lipinski definition) is 1. The maximum absolute atomic E-state index is 11.7. The highest BCUT2D eigenvalue weighted by Gasteiger charge is 2.26. The van der Waals surface area contributed by atoms with Gasteiger partial charge in [-0.3, -0.25) is 5.32 Å². The van der Waals surface area contributed by atoms with Crippen LogP contribution in [-0.4, -0.2) is 25.4 Å². The first-order chi connectivity index (χ1) is 8.89. The number of methoxy groups -OCH3 is 1. The van der Waals surface area contributed by atoms with Gasteiger partial charge in [-0.15, -0.1) is 0 Å². The predicted octanol–water partition coefficient (Wildman–Crippen LogP) is 3.11. The van der Waals surface area contributed by atoms with Crippen molar-refractivity contribution >= 4 is 11.8 Å². The number of carbonyl (C=O) groups is 1. The molecule has 1 atom stereocenters. The predicted molar refractivity (Wildman–Crippen MR) is 71.5 cm³/mol. The molecule has 2 rings (SSSR count). The molecule has 5 heteroatoms. The Morgan fingerprint density at radius 2 is 2.11 bits per heavy atom. The Labute approximate surface area is 112 Å². The minimum absolute atomic E-state index is 0.157. The van der Waals surface area contributed by atoms with Gasteiger partial charge in [0.1, 0.15) is 17.5 Å². The van der Waals surface area contributed by atoms with Crippen molar-refractivity contribution in [2.45, 2.75) is 32.5 Å². The Balaban J connectivity index is 2.09. The molecule has 1 aliphatic rings. The fourth-order valence-electron chi connectivity index (χ4n) is 1.67. The molecular weight excluding hydrogens is 246 g/mol. The number of benzene rings is 1. The van der Waals surface area contributed by atoms with Crippen LogP contribution in [0.4, 0.5) is 10.5 Å². The second kappa shape index (κ2) is 5.09. The molecule has 1 N–H and O–H groups in total. The van der Waals surface area contributed by atoms with E-state index in [4.69, 9.17) is 14.2 Å². The average Bonchev–Trinajstić information content (AvgIpc) is 3.10. The summed E-state index contributed by atoms with van der Waals surface area (Å²) < 4.78 is 15.7. The summed E-state index contributed by atoms with van der Waals surface area (Å²) in [6.07, 6.45) is -0.342. The van der Waals surface area contributed by atoms with Crippen LogP contribution >= 0.6 is 0 Å². The highest BCUT2D eigenvalue weighted by molar-refractivity contribution is 5.87. The highest BCUT2D eigenvalue weighted by Crippen LogP contribution is 2.35. The van der Waals surface area contributed by atoms with E-state index in [1.165, 1.54) is 0 Å². The van der Waals surface area contributed by atoms with Gasteiger partial charge in [0, 0.05) is 0 Å². The van der Waals surface area contributed by atoms with Crippen molar-refractivity contribution in [3.8, 4) is 5.75 Å². The van der Waals surface area contributed by atoms with Gasteiger partial charge >= 0.3 is 6.09 Å². The lowest BCUT2D eigenvalue weighted by Crippen LogP contribution is -2.27. The fourth-order valence-corrected chi connectivity index (χ4v) is 1.67. The van der Waals surface area contributed by atoms with Crippen molar-refractivity contribution in [1.82, 2.24) is 0 Å². The van der Waals surface area contributed by atoms with E-state index in [1.807, 2.05) is 32.9 Å². The molecule has 0 aromatic heterocycles. The van der Waals surface area contributed by atoms with Crippen molar-refractivity contribution in [1.29, 1.82) is 0 Å². The standard InChI is InChI=1S/C14H19NO4/c1-14(2,3)19-13(16)15-10-6-5-9(12-8-18-12)7-11(10)17-4/h5-7,12H,8H2,1-4H3,(H,15,16)/t12-/m1/s1. The van der Waals surface area contributed by atoms with E-state index < -0.39 is 11.7 Å². The van der Waals surface area contributed by atoms with Crippen LogP contribution in [0, 0.1) is 0 Å². The molecule has 1 fully saturated rings. The molecule has 0 saturated carbocycles. The largest absolute Gasteiger partial charge is 0.495 e. The molecule has 5 nitrogen and oxygen atoms in total. The van der Waals surface area contributed by atoms with Gasteiger partial charge in [-0.05, 0) is 38.5 Å². The molecule has 0 spiro atoms. The van der Waals surface area contributed by atoms with Crippen LogP contribution in [0.1, 0.15) is 32.4 Å². The van der Waals surface area contributed by atoms with Crippen LogP contribution in [0.5, 0.6) is 5.75 Å². The van der Waals surface area contributed by atoms with Gasteiger partial charge in [0.15, 0.2) is 0 Å². The Hall–Kier alpha value is -1.75. The summed E-state index contributed by atoms with van der Waals surface area (Å²) in [4.78, 5) is 11.7. The summed E-state index contributed by atoms with van der Waals surface area (Å²) in [5.41, 5.74) is 1.10. The van der Waals surface area contributed by atoms with E-state index in [0.29, 0.717) is 11.4 Å². The fraction of sp³-hybridized carbons (Fsp3) is 0.500. The number of amides is 1. The third kappa shape index (κ3) is 3.86. The Kier molecular flexibility index (Phi) is 3.66. The molecule has 104 valence electrons. The first kappa shape index (κ1) is 13.7. The summed E-state index contributed by atoms with van der Waals surface area (Å²) >= 11 is 0. The lowest BCUT2D eigenvalue weighted by Gasteiger charge is -2.20. The van der Waals surface area contributed by atoms with E-state index in [0.717, 1.165) is 12.2 Å². The second-order valence-corrected chi connectivity index (χ2v) is 5.41. The topological polar surface area (TPSA) is 60.1 Å². The quantitative estimate of drug-likeness (QED) is 0.853. The third-order valence-corrected chi connectivity index (χ3v) is 2.57. The van der Waals surface area contributed by atoms with Gasteiger partial charge in [0.25, 0.3) is 0 Å². The zero-order valence-corrected chi connectivity index (χ0v) is 11.6. The first-order valence-corrected chi connectivity index (χ1v) is 6.18. The van der Waals surface area contributed by atoms with Crippen LogP contribution in [-0.2, 0) is 9.47 Å². The highest BCUT2D eigenvalue weighted by atomic mass is 16.6. The number of nitrogens with one attached hydrogen (secondary N) is 1. The molecule has 1 saturated heterocycles. The van der Waals surface area contributed by atoms with Crippen molar-refractivity contribution in [2.24, 2.45) is 0 Å². The first-order valence-electron chi connectivity index (χ1n) is 6.18. The van der Waals surface area contributed by atoms with E-state index in [1.54, 1.807) is 13.2 Å². The maximum atomic E-state index is 11.7. The molecule has 1 aromatic rings. The number of carbonyl (C=O) groups excluding carboxylic acids is 1. The maximum Gasteiger partial charge on any atom is 0.412 e. The lowest BCUT2D eigenvalue weighted by atomic mass is 10.1. The number of anilines is 1. The van der Waals surface area contributed by atoms with E-state index in [-0.39, 0.29) is 6.10 Å². The number of epoxide rings is 1. The molecular formula is C14H19NO4. The van der Waals surface area contributed by atoms with Gasteiger partial charge in [-0.25, -0.2) is 4.79 Å². The van der Waals surface area contributed by atoms with E-state index >= 15 is 0 Å². The molecule has 1 aliphatic heterocycles. The molecule has 1 aromatic carbocycles. The van der Waals surface area contributed by atoms with Gasteiger partial charge in [0.05, 0.1) is 19.4 Å². The summed E-state index contributed by atoms with van der Waals surface area (Å²) in [7, 11) is 1.56. The monoisotopic (exact) mass is 265 g/mol. The zero-order chi connectivity index (χ0) is 14.0. The summed E-state index contributed by atoms with van der Waals surface area (Å²) in [6.45, 7) is 6.19. The molecule has 0 unspecified atom stereocenters. The van der Waals surface area contributed by atoms with Crippen molar-refractivity contribution in [3.05, 3.63) is 23.8 Å². The van der Waals surface area contributed by atoms with Crippen LogP contribution in [0.25, 0.3) is 0 Å². The average molecular weight is 265 g/mol. The third-order valence-electron chi connectivity index (χ3n) is 2.57. The van der Waals surface area contributed by atoms with Gasteiger partial charge in [-0.2, -0.15) is 0 Å². The summed E-state index contributed by atoms with van der Waals surface area (Å²) in [5, 5.41) is 2.68. The minimum Gasteiger partial charge on any atom is -0.495 e. The molecule has 0 bridgehead atoms. The lowest BCUT2D eigenvalue weighted by molar-refractivity contribution is 0.0635. The van der Waals surface area contributed by atoms with Crippen LogP contribution < -0.4 is 10.1 Å². The molecule has 19 heavy (non-hydrogen) atoms. The Bertz CT molecular complexity index is 475. The Morgan fingerprint density at radius 1 is 1.42 bits per heavy atom. The summed E-state index contributed by atoms with van der Waals surface area (Å²) in [5.74, 6) is 0.596. The van der Waals surface area contributed by atoms with Gasteiger partial charge in [-0.1, -0.05) is 6.07 Å². The minimum atomic E-state index is -0.529. The van der Waals surface area contributed by atoms with Crippen molar-refractivity contribution < 1.29 is 19.0 Å². The number of ether oxygens (including phenoxy) is 3. The van der Waals surface area contributed by atoms with Crippen molar-refractivity contribution in [3.63, 3.8) is 0 Å². The molecule has 1 amide bonds. The number of hydrogen-bond acceptors (Lipinski definition) is 4. The van der Waals surface area contributed by atoms with Gasteiger partial charge < -0.3 is 14.2 Å². The van der Waals surface area contributed by atoms with Gasteiger partial charge in [0.2, 0.25) is 0 Å². The second-order valence-electron chi connectivity index (χ2n) is 5.41.